The quantitative estimate of drug-likeness (QED) is 0.0286. The third-order valence-electron chi connectivity index (χ3n) is 16.8. The van der Waals surface area contributed by atoms with Crippen LogP contribution in [0.5, 0.6) is 5.75 Å². The van der Waals surface area contributed by atoms with Gasteiger partial charge in [-0.3, -0.25) is 38.5 Å². The van der Waals surface area contributed by atoms with Crippen LogP contribution in [0.3, 0.4) is 0 Å². The van der Waals surface area contributed by atoms with Crippen LogP contribution in [0, 0.1) is 17.8 Å². The lowest BCUT2D eigenvalue weighted by molar-refractivity contribution is -0.187. The van der Waals surface area contributed by atoms with Gasteiger partial charge >= 0.3 is 18.0 Å². The molecule has 0 saturated carbocycles. The normalized spacial score (nSPS) is 26.0. The molecular weight excluding hydrogens is 1160 g/mol. The van der Waals surface area contributed by atoms with Gasteiger partial charge in [-0.05, 0) is 100 Å². The van der Waals surface area contributed by atoms with Crippen molar-refractivity contribution in [3.63, 3.8) is 0 Å². The molecule has 4 bridgehead atoms. The Morgan fingerprint density at radius 3 is 2.34 bits per heavy atom. The average Bonchev–Trinajstić information content (AvgIpc) is 1.60. The van der Waals surface area contributed by atoms with Crippen LogP contribution in [0.4, 0.5) is 16.2 Å². The standard InChI is InChI=1S/C62H85ClN8O15Si/c1-34(2)53(68-48(87)24-13-12-16-26-71-50(73)28-36(4)57(71)77)56(76)67-42(22-18-25-65-60(64)80)55(75)66-41-21-15-14-20-40(41)58(78)69(8)38(6)59(79)85-47-31-49(72)70(9)43-29-39(30-44(82-10)52(43)63)27-35(3)19-17-23-46(83-11)62(81)32-45(84-51(74)33-62)37(5)54-61(47,7)86-54/h14-15,17,19-21,23,29-30,34,36-38,42,45-47,53-54,68,81H,12-13,16,18,22,24-28,31-33H2,1-11H3,(H,66,75)(H,67,76)(H3,64,65,80)/b23-17+,35-19+/t36?,37-,38+,42+,45+,46-,47+,53+,54+,61+,62-/m1/s1. The number of fused-ring (bicyclic) bond motifs is 5. The number of hydrogen-bond donors (Lipinski definition) is 6. The van der Waals surface area contributed by atoms with Gasteiger partial charge in [-0.25, -0.2) is 9.59 Å². The zero-order valence-electron chi connectivity index (χ0n) is 51.6. The van der Waals surface area contributed by atoms with Gasteiger partial charge in [0.15, 0.2) is 0 Å². The minimum atomic E-state index is -1.67. The number of anilines is 2. The van der Waals surface area contributed by atoms with E-state index in [0.717, 1.165) is 16.0 Å². The van der Waals surface area contributed by atoms with Gasteiger partial charge < -0.3 is 65.6 Å². The third kappa shape index (κ3) is 17.4. The van der Waals surface area contributed by atoms with Crippen molar-refractivity contribution in [3.8, 4) is 5.75 Å². The highest BCUT2D eigenvalue weighted by atomic mass is 35.5. The Kier molecular flexibility index (Phi) is 24.1. The van der Waals surface area contributed by atoms with Crippen molar-refractivity contribution in [2.24, 2.45) is 23.5 Å². The number of benzene rings is 2. The smallest absolute Gasteiger partial charge is 0.328 e. The van der Waals surface area contributed by atoms with Gasteiger partial charge in [0, 0.05) is 59.0 Å². The molecule has 4 aliphatic heterocycles. The SMILES string of the molecule is COc1cc2cc(c1Cl)N(C)C(=O)C[C@H](OC(=O)[C@H](C)N(C)C(=O)c1ccccc1NC(=O)[C@H](CCCNC(N)=O)NC(=O)[C@@H](NC(=[Si])CCCCCN1C(=O)CC(C)C1=O)C(C)C)[C@]1(C)O[C@H]1[C@H](C)[C@@H]1C[C@@](O)(CC(=O)O1)[C@H](OC)/C=C/C=C(\C)C2. The van der Waals surface area contributed by atoms with Crippen LogP contribution in [-0.2, 0) is 58.9 Å². The Balaban J connectivity index is 1.19. The number of likely N-dealkylation sites (N-methyl/N-ethyl adjacent to an activating group) is 1. The number of para-hydroxylation sites is 1. The molecule has 2 aromatic carbocycles. The molecule has 2 radical (unpaired) electrons. The predicted octanol–water partition coefficient (Wildman–Crippen LogP) is 4.82. The number of halogens is 1. The molecule has 25 heteroatoms. The fourth-order valence-corrected chi connectivity index (χ4v) is 11.9. The highest BCUT2D eigenvalue weighted by Crippen LogP contribution is 2.50. The molecule has 87 heavy (non-hydrogen) atoms. The van der Waals surface area contributed by atoms with E-state index in [1.165, 1.54) is 57.2 Å². The molecular formula is C62H85ClN8O15Si. The van der Waals surface area contributed by atoms with E-state index in [1.807, 2.05) is 26.8 Å². The highest BCUT2D eigenvalue weighted by molar-refractivity contribution is 6.37. The second-order valence-corrected chi connectivity index (χ2v) is 24.8. The number of nitrogens with one attached hydrogen (secondary N) is 4. The lowest BCUT2D eigenvalue weighted by Gasteiger charge is -2.41. The molecule has 474 valence electrons. The summed E-state index contributed by atoms with van der Waals surface area (Å²) < 4.78 is 29.9. The molecule has 6 rings (SSSR count). The molecule has 4 aliphatic rings. The van der Waals surface area contributed by atoms with Crippen molar-refractivity contribution in [2.45, 2.75) is 173 Å². The first-order chi connectivity index (χ1) is 41.0. The number of nitrogens with zero attached hydrogens (tertiary/aromatic N) is 3. The Labute approximate surface area is 517 Å². The average molecular weight is 1250 g/mol. The number of methoxy groups -OCH3 is 2. The molecule has 11 atom stereocenters. The highest BCUT2D eigenvalue weighted by Gasteiger charge is 2.64. The first-order valence-electron chi connectivity index (χ1n) is 29.5. The number of unbranched alkanes of at least 4 members (excludes halogenated alkanes) is 2. The number of amides is 8. The number of carbonyl (C=O) groups excluding carboxylic acids is 9. The van der Waals surface area contributed by atoms with Gasteiger partial charge in [0.1, 0.15) is 58.4 Å². The van der Waals surface area contributed by atoms with Crippen LogP contribution in [0.2, 0.25) is 5.02 Å². The van der Waals surface area contributed by atoms with Crippen LogP contribution in [0.1, 0.15) is 129 Å². The maximum Gasteiger partial charge on any atom is 0.328 e. The monoisotopic (exact) mass is 1240 g/mol. The van der Waals surface area contributed by atoms with Crippen molar-refractivity contribution < 1.29 is 71.9 Å². The Morgan fingerprint density at radius 1 is 0.977 bits per heavy atom. The van der Waals surface area contributed by atoms with Crippen molar-refractivity contribution >= 4 is 91.5 Å². The maximum atomic E-state index is 14.6. The first-order valence-corrected chi connectivity index (χ1v) is 30.4. The summed E-state index contributed by atoms with van der Waals surface area (Å²) in [5, 5.41) is 24.2. The summed E-state index contributed by atoms with van der Waals surface area (Å²) in [6.45, 7) is 12.6. The molecule has 3 fully saturated rings. The van der Waals surface area contributed by atoms with Crippen LogP contribution >= 0.6 is 11.6 Å². The second kappa shape index (κ2) is 30.3. The van der Waals surface area contributed by atoms with E-state index < -0.39 is 108 Å². The van der Waals surface area contributed by atoms with Crippen LogP contribution in [0.25, 0.3) is 0 Å². The molecule has 0 aliphatic carbocycles. The summed E-state index contributed by atoms with van der Waals surface area (Å²) in [6, 6.07) is 5.54. The molecule has 3 saturated heterocycles. The summed E-state index contributed by atoms with van der Waals surface area (Å²) in [5.41, 5.74) is 4.25. The van der Waals surface area contributed by atoms with E-state index >= 15 is 0 Å². The Hall–Kier alpha value is -6.99. The van der Waals surface area contributed by atoms with E-state index in [2.05, 4.69) is 31.1 Å². The minimum absolute atomic E-state index is 0.0230. The zero-order chi connectivity index (χ0) is 64.2. The first kappa shape index (κ1) is 69.1. The fourth-order valence-electron chi connectivity index (χ4n) is 11.3. The van der Waals surface area contributed by atoms with Gasteiger partial charge in [0.05, 0.1) is 52.8 Å². The topological polar surface area (TPSA) is 307 Å². The zero-order valence-corrected chi connectivity index (χ0v) is 53.4. The van der Waals surface area contributed by atoms with E-state index in [0.29, 0.717) is 55.4 Å². The number of urea groups is 1. The molecule has 2 aromatic rings. The van der Waals surface area contributed by atoms with Crippen LogP contribution < -0.4 is 36.6 Å². The van der Waals surface area contributed by atoms with E-state index in [9.17, 15) is 48.3 Å². The molecule has 23 nitrogen and oxygen atoms in total. The number of allylic oxidation sites excluding steroid dienone is 3. The second-order valence-electron chi connectivity index (χ2n) is 23.8. The molecule has 0 aromatic heterocycles. The Bertz CT molecular complexity index is 3000. The molecule has 1 unspecified atom stereocenters. The number of likely N-dealkylation sites (tertiary alicyclic amines) is 1. The molecule has 0 spiro atoms. The number of esters is 2. The fraction of sp³-hybridized carbons (Fsp3) is 0.581. The summed E-state index contributed by atoms with van der Waals surface area (Å²) >= 11 is 6.88. The van der Waals surface area contributed by atoms with Crippen molar-refractivity contribution in [3.05, 3.63) is 76.3 Å². The van der Waals surface area contributed by atoms with Crippen molar-refractivity contribution in [2.75, 3.05) is 51.6 Å². The van der Waals surface area contributed by atoms with Crippen LogP contribution in [0.15, 0.2) is 60.2 Å². The summed E-state index contributed by atoms with van der Waals surface area (Å²) in [5.74, 6) is -5.20. The number of hydrogen-bond acceptors (Lipinski definition) is 16. The lowest BCUT2D eigenvalue weighted by atomic mass is 9.78. The maximum absolute atomic E-state index is 14.6. The van der Waals surface area contributed by atoms with Gasteiger partial charge in [-0.1, -0.05) is 81.7 Å². The minimum Gasteiger partial charge on any atom is -0.495 e. The number of carbonyl (C=O) groups is 9. The van der Waals surface area contributed by atoms with Gasteiger partial charge in [0.25, 0.3) is 5.91 Å². The summed E-state index contributed by atoms with van der Waals surface area (Å²) in [7, 11) is 9.43. The lowest BCUT2D eigenvalue weighted by Crippen LogP contribution is -2.54. The van der Waals surface area contributed by atoms with Crippen molar-refractivity contribution in [1.29, 1.82) is 0 Å². The summed E-state index contributed by atoms with van der Waals surface area (Å²) in [4.78, 5) is 125. The third-order valence-corrected chi connectivity index (χ3v) is 17.6. The molecule has 8 amide bonds. The number of nitrogens with two attached hydrogens (primary N) is 1. The van der Waals surface area contributed by atoms with Gasteiger partial charge in [-0.2, -0.15) is 0 Å². The number of primary amides is 1. The summed E-state index contributed by atoms with van der Waals surface area (Å²) in [6.07, 6.45) is 4.01. The number of imide groups is 1. The number of rotatable bonds is 23. The van der Waals surface area contributed by atoms with E-state index in [4.69, 9.17) is 41.0 Å². The van der Waals surface area contributed by atoms with E-state index in [-0.39, 0.29) is 78.6 Å². The van der Waals surface area contributed by atoms with E-state index in [1.54, 1.807) is 57.2 Å². The largest absolute Gasteiger partial charge is 0.495 e. The van der Waals surface area contributed by atoms with Crippen molar-refractivity contribution in [1.82, 2.24) is 25.8 Å². The predicted molar refractivity (Wildman–Crippen MR) is 327 cm³/mol. The van der Waals surface area contributed by atoms with Gasteiger partial charge in [0.2, 0.25) is 29.5 Å². The Morgan fingerprint density at radius 2 is 1.69 bits per heavy atom. The van der Waals surface area contributed by atoms with Gasteiger partial charge in [-0.15, -0.1) is 0 Å². The number of ether oxygens (including phenoxy) is 5. The number of aliphatic hydroxyl groups is 1. The van der Waals surface area contributed by atoms with Crippen LogP contribution in [-0.4, -0.2) is 179 Å². The molecule has 7 N–H and O–H groups in total. The number of epoxide rings is 1. The molecule has 4 heterocycles.